The second kappa shape index (κ2) is 9.77. The molecule has 0 heterocycles. The van der Waals surface area contributed by atoms with Crippen LogP contribution < -0.4 is 5.32 Å². The molecule has 0 bridgehead atoms. The Morgan fingerprint density at radius 3 is 2.55 bits per heavy atom. The number of hydrogen-bond donors (Lipinski definition) is 2. The van der Waals surface area contributed by atoms with Gasteiger partial charge in [0.15, 0.2) is 0 Å². The Bertz CT molecular complexity index is 370. The highest BCUT2D eigenvalue weighted by Crippen LogP contribution is 2.07. The fourth-order valence-corrected chi connectivity index (χ4v) is 1.68. The molecule has 1 atom stereocenters. The number of benzene rings is 1. The van der Waals surface area contributed by atoms with E-state index >= 15 is 0 Å². The number of aliphatic hydroxyl groups excluding tert-OH is 1. The van der Waals surface area contributed by atoms with Crippen molar-refractivity contribution in [1.29, 1.82) is 0 Å². The Labute approximate surface area is 117 Å². The smallest absolute Gasteiger partial charge is 0.126 e. The Balaban J connectivity index is 2.11. The molecule has 0 fully saturated rings. The van der Waals surface area contributed by atoms with Gasteiger partial charge in [-0.2, -0.15) is 0 Å². The van der Waals surface area contributed by atoms with Gasteiger partial charge in [0.1, 0.15) is 11.6 Å². The molecule has 114 valence electrons. The molecular formula is C14H21F2NO3. The molecule has 0 aliphatic carbocycles. The number of halogens is 2. The van der Waals surface area contributed by atoms with E-state index in [0.717, 1.165) is 6.07 Å². The Morgan fingerprint density at radius 1 is 1.20 bits per heavy atom. The van der Waals surface area contributed by atoms with Gasteiger partial charge in [-0.05, 0) is 30.7 Å². The molecule has 0 spiro atoms. The summed E-state index contributed by atoms with van der Waals surface area (Å²) < 4.78 is 35.9. The van der Waals surface area contributed by atoms with Gasteiger partial charge in [-0.25, -0.2) is 8.78 Å². The molecule has 0 radical (unpaired) electrons. The highest BCUT2D eigenvalue weighted by molar-refractivity contribution is 5.18. The van der Waals surface area contributed by atoms with Crippen LogP contribution in [0.25, 0.3) is 0 Å². The van der Waals surface area contributed by atoms with Crippen molar-refractivity contribution in [3.8, 4) is 0 Å². The zero-order valence-electron chi connectivity index (χ0n) is 11.6. The van der Waals surface area contributed by atoms with E-state index in [-0.39, 0.29) is 6.61 Å². The first-order valence-corrected chi connectivity index (χ1v) is 6.52. The molecule has 1 aromatic carbocycles. The molecule has 0 saturated heterocycles. The van der Waals surface area contributed by atoms with Crippen LogP contribution in [0.1, 0.15) is 5.56 Å². The Morgan fingerprint density at radius 2 is 1.90 bits per heavy atom. The van der Waals surface area contributed by atoms with Crippen molar-refractivity contribution in [2.24, 2.45) is 0 Å². The number of hydrogen-bond acceptors (Lipinski definition) is 4. The fraction of sp³-hybridized carbons (Fsp3) is 0.571. The van der Waals surface area contributed by atoms with E-state index in [2.05, 4.69) is 5.32 Å². The quantitative estimate of drug-likeness (QED) is 0.634. The topological polar surface area (TPSA) is 50.7 Å². The summed E-state index contributed by atoms with van der Waals surface area (Å²) in [6, 6.07) is 3.45. The molecule has 0 saturated carbocycles. The molecule has 1 unspecified atom stereocenters. The maximum absolute atomic E-state index is 12.9. The van der Waals surface area contributed by atoms with Gasteiger partial charge in [0.2, 0.25) is 0 Å². The lowest BCUT2D eigenvalue weighted by molar-refractivity contribution is 0.0139. The van der Waals surface area contributed by atoms with Crippen molar-refractivity contribution in [3.05, 3.63) is 35.4 Å². The SMILES string of the molecule is COCCOCC(O)CNCCc1cc(F)cc(F)c1. The first kappa shape index (κ1) is 17.0. The van der Waals surface area contributed by atoms with Crippen molar-refractivity contribution in [2.45, 2.75) is 12.5 Å². The van der Waals surface area contributed by atoms with E-state index in [0.29, 0.717) is 38.3 Å². The molecule has 20 heavy (non-hydrogen) atoms. The highest BCUT2D eigenvalue weighted by Gasteiger charge is 2.04. The minimum atomic E-state index is -0.615. The maximum Gasteiger partial charge on any atom is 0.126 e. The third-order valence-corrected chi connectivity index (χ3v) is 2.63. The summed E-state index contributed by atoms with van der Waals surface area (Å²) in [4.78, 5) is 0. The molecule has 0 amide bonds. The van der Waals surface area contributed by atoms with Crippen LogP contribution in [0.4, 0.5) is 8.78 Å². The second-order valence-corrected chi connectivity index (χ2v) is 4.45. The summed E-state index contributed by atoms with van der Waals surface area (Å²) >= 11 is 0. The minimum Gasteiger partial charge on any atom is -0.389 e. The first-order chi connectivity index (χ1) is 9.61. The average molecular weight is 289 g/mol. The van der Waals surface area contributed by atoms with Crippen LogP contribution in [0, 0.1) is 11.6 Å². The molecule has 2 N–H and O–H groups in total. The van der Waals surface area contributed by atoms with Gasteiger partial charge in [-0.15, -0.1) is 0 Å². The van der Waals surface area contributed by atoms with E-state index in [1.165, 1.54) is 12.1 Å². The van der Waals surface area contributed by atoms with Gasteiger partial charge in [0, 0.05) is 19.7 Å². The highest BCUT2D eigenvalue weighted by atomic mass is 19.1. The molecule has 1 rings (SSSR count). The van der Waals surface area contributed by atoms with E-state index in [4.69, 9.17) is 9.47 Å². The largest absolute Gasteiger partial charge is 0.389 e. The number of methoxy groups -OCH3 is 1. The normalized spacial score (nSPS) is 12.6. The van der Waals surface area contributed by atoms with Crippen LogP contribution >= 0.6 is 0 Å². The summed E-state index contributed by atoms with van der Waals surface area (Å²) in [5.41, 5.74) is 0.584. The summed E-state index contributed by atoms with van der Waals surface area (Å²) in [5, 5.41) is 12.6. The second-order valence-electron chi connectivity index (χ2n) is 4.45. The van der Waals surface area contributed by atoms with E-state index in [9.17, 15) is 13.9 Å². The van der Waals surface area contributed by atoms with Crippen molar-refractivity contribution >= 4 is 0 Å². The predicted octanol–water partition coefficient (Wildman–Crippen LogP) is 1.12. The molecular weight excluding hydrogens is 268 g/mol. The predicted molar refractivity (Wildman–Crippen MR) is 71.6 cm³/mol. The lowest BCUT2D eigenvalue weighted by atomic mass is 10.1. The van der Waals surface area contributed by atoms with E-state index in [1.807, 2.05) is 0 Å². The van der Waals surface area contributed by atoms with Crippen molar-refractivity contribution < 1.29 is 23.4 Å². The van der Waals surface area contributed by atoms with Gasteiger partial charge in [0.25, 0.3) is 0 Å². The van der Waals surface area contributed by atoms with Gasteiger partial charge in [0.05, 0.1) is 25.9 Å². The molecule has 1 aromatic rings. The lowest BCUT2D eigenvalue weighted by Gasteiger charge is -2.12. The molecule has 4 nitrogen and oxygen atoms in total. The standard InChI is InChI=1S/C14H21F2NO3/c1-19-4-5-20-10-14(18)9-17-3-2-11-6-12(15)8-13(16)7-11/h6-8,14,17-18H,2-5,9-10H2,1H3. The third kappa shape index (κ3) is 7.49. The van der Waals surface area contributed by atoms with Gasteiger partial charge >= 0.3 is 0 Å². The van der Waals surface area contributed by atoms with Crippen LogP contribution in [0.15, 0.2) is 18.2 Å². The van der Waals surface area contributed by atoms with E-state index in [1.54, 1.807) is 7.11 Å². The van der Waals surface area contributed by atoms with Crippen LogP contribution in [0.3, 0.4) is 0 Å². The zero-order chi connectivity index (χ0) is 14.8. The number of rotatable bonds is 10. The van der Waals surface area contributed by atoms with Crippen LogP contribution in [-0.2, 0) is 15.9 Å². The zero-order valence-corrected chi connectivity index (χ0v) is 11.6. The summed E-state index contributed by atoms with van der Waals surface area (Å²) in [7, 11) is 1.58. The first-order valence-electron chi connectivity index (χ1n) is 6.52. The summed E-state index contributed by atoms with van der Waals surface area (Å²) in [6.07, 6.45) is -0.123. The molecule has 6 heteroatoms. The van der Waals surface area contributed by atoms with Crippen molar-refractivity contribution in [3.63, 3.8) is 0 Å². The van der Waals surface area contributed by atoms with Crippen LogP contribution in [0.2, 0.25) is 0 Å². The Kier molecular flexibility index (Phi) is 8.29. The molecule has 0 aliphatic heterocycles. The monoisotopic (exact) mass is 289 g/mol. The average Bonchev–Trinajstić information content (AvgIpc) is 2.39. The number of ether oxygens (including phenoxy) is 2. The molecule has 0 aliphatic rings. The Hall–Kier alpha value is -1.08. The van der Waals surface area contributed by atoms with Gasteiger partial charge in [-0.1, -0.05) is 0 Å². The number of aliphatic hydroxyl groups is 1. The minimum absolute atomic E-state index is 0.227. The number of nitrogens with one attached hydrogen (secondary N) is 1. The van der Waals surface area contributed by atoms with Gasteiger partial charge in [-0.3, -0.25) is 0 Å². The van der Waals surface area contributed by atoms with Crippen molar-refractivity contribution in [2.75, 3.05) is 40.0 Å². The van der Waals surface area contributed by atoms with Crippen LogP contribution in [-0.4, -0.2) is 51.2 Å². The maximum atomic E-state index is 12.9. The van der Waals surface area contributed by atoms with E-state index < -0.39 is 17.7 Å². The third-order valence-electron chi connectivity index (χ3n) is 2.63. The summed E-state index contributed by atoms with van der Waals surface area (Å²) in [6.45, 7) is 2.05. The molecule has 0 aromatic heterocycles. The van der Waals surface area contributed by atoms with Crippen molar-refractivity contribution in [1.82, 2.24) is 5.32 Å². The van der Waals surface area contributed by atoms with Crippen LogP contribution in [0.5, 0.6) is 0 Å². The lowest BCUT2D eigenvalue weighted by Crippen LogP contribution is -2.32. The fourth-order valence-electron chi connectivity index (χ4n) is 1.68. The van der Waals surface area contributed by atoms with Gasteiger partial charge < -0.3 is 19.9 Å². The summed E-state index contributed by atoms with van der Waals surface area (Å²) in [5.74, 6) is -1.15.